The lowest BCUT2D eigenvalue weighted by Crippen LogP contribution is -2.38. The molecule has 5 heteroatoms. The van der Waals surface area contributed by atoms with Crippen molar-refractivity contribution >= 4 is 10.0 Å². The first kappa shape index (κ1) is 18.3. The van der Waals surface area contributed by atoms with Crippen LogP contribution in [0.4, 0.5) is 0 Å². The van der Waals surface area contributed by atoms with Crippen LogP contribution in [0.15, 0.2) is 89.8 Å². The van der Waals surface area contributed by atoms with Crippen molar-refractivity contribution < 1.29 is 13.5 Å². The Morgan fingerprint density at radius 1 is 0.808 bits per heavy atom. The average molecular weight is 367 g/mol. The first-order valence-electron chi connectivity index (χ1n) is 8.32. The predicted octanol–water partition coefficient (Wildman–Crippen LogP) is 3.54. The van der Waals surface area contributed by atoms with Crippen LogP contribution in [0.2, 0.25) is 0 Å². The maximum atomic E-state index is 12.3. The van der Waals surface area contributed by atoms with E-state index in [0.717, 1.165) is 11.1 Å². The topological polar surface area (TPSA) is 66.4 Å². The molecule has 0 amide bonds. The summed E-state index contributed by atoms with van der Waals surface area (Å²) >= 11 is 0. The number of hydrogen-bond acceptors (Lipinski definition) is 3. The summed E-state index contributed by atoms with van der Waals surface area (Å²) in [5.41, 5.74) is 1.45. The molecule has 0 bridgehead atoms. The van der Waals surface area contributed by atoms with Crippen LogP contribution in [0.1, 0.15) is 12.5 Å². The molecule has 0 aromatic heterocycles. The van der Waals surface area contributed by atoms with Crippen molar-refractivity contribution in [3.05, 3.63) is 90.5 Å². The maximum Gasteiger partial charge on any atom is 0.240 e. The van der Waals surface area contributed by atoms with Crippen molar-refractivity contribution in [1.82, 2.24) is 4.72 Å². The van der Waals surface area contributed by atoms with Crippen LogP contribution in [0.25, 0.3) is 11.1 Å². The predicted molar refractivity (Wildman–Crippen MR) is 103 cm³/mol. The fourth-order valence-corrected chi connectivity index (χ4v) is 3.83. The number of benzene rings is 3. The Morgan fingerprint density at radius 2 is 1.31 bits per heavy atom. The van der Waals surface area contributed by atoms with Gasteiger partial charge >= 0.3 is 0 Å². The van der Waals surface area contributed by atoms with E-state index in [-0.39, 0.29) is 11.4 Å². The fraction of sp³-hybridized carbons (Fsp3) is 0.143. The van der Waals surface area contributed by atoms with Crippen LogP contribution in [0.5, 0.6) is 0 Å². The first-order valence-corrected chi connectivity index (χ1v) is 9.80. The summed E-state index contributed by atoms with van der Waals surface area (Å²) in [6.45, 7) is 1.48. The molecule has 3 rings (SSSR count). The molecule has 0 aliphatic heterocycles. The Kier molecular flexibility index (Phi) is 5.23. The molecule has 0 aliphatic rings. The molecule has 1 atom stereocenters. The molecule has 0 spiro atoms. The Bertz CT molecular complexity index is 951. The molecule has 2 N–H and O–H groups in total. The molecule has 0 radical (unpaired) electrons. The Balaban J connectivity index is 1.74. The SMILES string of the molecule is CC(O)(CNS(=O)(=O)c1ccccc1)c1ccc(-c2ccccc2)cc1. The van der Waals surface area contributed by atoms with Gasteiger partial charge in [0, 0.05) is 6.54 Å². The Labute approximate surface area is 154 Å². The fourth-order valence-electron chi connectivity index (χ4n) is 2.67. The highest BCUT2D eigenvalue weighted by molar-refractivity contribution is 7.89. The van der Waals surface area contributed by atoms with Gasteiger partial charge in [0.15, 0.2) is 0 Å². The van der Waals surface area contributed by atoms with Crippen LogP contribution in [-0.4, -0.2) is 20.1 Å². The minimum Gasteiger partial charge on any atom is -0.384 e. The standard InChI is InChI=1S/C21H21NO3S/c1-21(23,16-22-26(24,25)20-10-6-3-7-11-20)19-14-12-18(13-15-19)17-8-4-2-5-9-17/h2-15,22-23H,16H2,1H3. The Morgan fingerprint density at radius 3 is 1.88 bits per heavy atom. The smallest absolute Gasteiger partial charge is 0.240 e. The van der Waals surface area contributed by atoms with Gasteiger partial charge in [0.05, 0.1) is 4.90 Å². The molecule has 26 heavy (non-hydrogen) atoms. The van der Waals surface area contributed by atoms with Gasteiger partial charge in [-0.05, 0) is 35.7 Å². The lowest BCUT2D eigenvalue weighted by atomic mass is 9.94. The quantitative estimate of drug-likeness (QED) is 0.700. The average Bonchev–Trinajstić information content (AvgIpc) is 2.68. The summed E-state index contributed by atoms with van der Waals surface area (Å²) < 4.78 is 27.1. The van der Waals surface area contributed by atoms with Gasteiger partial charge in [0.2, 0.25) is 10.0 Å². The molecule has 3 aromatic carbocycles. The number of sulfonamides is 1. The summed E-state index contributed by atoms with van der Waals surface area (Å²) in [5, 5.41) is 10.7. The van der Waals surface area contributed by atoms with Crippen molar-refractivity contribution in [1.29, 1.82) is 0 Å². The second kappa shape index (κ2) is 7.41. The first-order chi connectivity index (χ1) is 12.4. The van der Waals surface area contributed by atoms with Crippen LogP contribution in [0.3, 0.4) is 0 Å². The van der Waals surface area contributed by atoms with E-state index >= 15 is 0 Å². The molecule has 0 saturated carbocycles. The second-order valence-electron chi connectivity index (χ2n) is 6.35. The van der Waals surface area contributed by atoms with Gasteiger partial charge in [-0.25, -0.2) is 13.1 Å². The summed E-state index contributed by atoms with van der Waals surface area (Å²) in [6.07, 6.45) is 0. The van der Waals surface area contributed by atoms with Gasteiger partial charge in [-0.3, -0.25) is 0 Å². The minimum atomic E-state index is -3.66. The van der Waals surface area contributed by atoms with Gasteiger partial charge in [-0.15, -0.1) is 0 Å². The van der Waals surface area contributed by atoms with Crippen molar-refractivity contribution in [2.24, 2.45) is 0 Å². The van der Waals surface area contributed by atoms with Gasteiger partial charge < -0.3 is 5.11 Å². The van der Waals surface area contributed by atoms with Crippen LogP contribution in [0, 0.1) is 0 Å². The normalized spacial score (nSPS) is 13.9. The van der Waals surface area contributed by atoms with Gasteiger partial charge in [0.1, 0.15) is 5.60 Å². The Hall–Kier alpha value is -2.47. The molecular formula is C21H21NO3S. The van der Waals surface area contributed by atoms with Gasteiger partial charge in [-0.2, -0.15) is 0 Å². The molecule has 0 saturated heterocycles. The molecule has 0 heterocycles. The zero-order chi connectivity index (χ0) is 18.6. The van der Waals surface area contributed by atoms with E-state index in [1.807, 2.05) is 54.6 Å². The number of hydrogen-bond donors (Lipinski definition) is 2. The largest absolute Gasteiger partial charge is 0.384 e. The minimum absolute atomic E-state index is 0.116. The second-order valence-corrected chi connectivity index (χ2v) is 8.12. The summed E-state index contributed by atoms with van der Waals surface area (Å²) in [7, 11) is -3.66. The van der Waals surface area contributed by atoms with E-state index in [2.05, 4.69) is 4.72 Å². The van der Waals surface area contributed by atoms with Gasteiger partial charge in [-0.1, -0.05) is 72.8 Å². The number of nitrogens with one attached hydrogen (secondary N) is 1. The van der Waals surface area contributed by atoms with Gasteiger partial charge in [0.25, 0.3) is 0 Å². The third-order valence-corrected chi connectivity index (χ3v) is 5.69. The molecule has 1 unspecified atom stereocenters. The van der Waals surface area contributed by atoms with Crippen molar-refractivity contribution in [3.8, 4) is 11.1 Å². The summed E-state index contributed by atoms with van der Waals surface area (Å²) in [5.74, 6) is 0. The van der Waals surface area contributed by atoms with E-state index in [1.165, 1.54) is 12.1 Å². The van der Waals surface area contributed by atoms with Crippen molar-refractivity contribution in [2.45, 2.75) is 17.4 Å². The maximum absolute atomic E-state index is 12.3. The monoisotopic (exact) mass is 367 g/mol. The van der Waals surface area contributed by atoms with E-state index in [4.69, 9.17) is 0 Å². The molecule has 3 aromatic rings. The number of aliphatic hydroxyl groups is 1. The van der Waals surface area contributed by atoms with Crippen LogP contribution >= 0.6 is 0 Å². The molecule has 0 aliphatic carbocycles. The van der Waals surface area contributed by atoms with E-state index in [1.54, 1.807) is 25.1 Å². The third-order valence-electron chi connectivity index (χ3n) is 4.27. The number of rotatable bonds is 6. The summed E-state index contributed by atoms with van der Waals surface area (Å²) in [6, 6.07) is 25.5. The molecular weight excluding hydrogens is 346 g/mol. The van der Waals surface area contributed by atoms with Crippen LogP contribution < -0.4 is 4.72 Å². The van der Waals surface area contributed by atoms with Crippen LogP contribution in [-0.2, 0) is 15.6 Å². The zero-order valence-corrected chi connectivity index (χ0v) is 15.3. The van der Waals surface area contributed by atoms with E-state index < -0.39 is 15.6 Å². The van der Waals surface area contributed by atoms with E-state index in [9.17, 15) is 13.5 Å². The third kappa shape index (κ3) is 4.19. The molecule has 0 fully saturated rings. The summed E-state index contributed by atoms with van der Waals surface area (Å²) in [4.78, 5) is 0.176. The lowest BCUT2D eigenvalue weighted by molar-refractivity contribution is 0.0627. The highest BCUT2D eigenvalue weighted by Crippen LogP contribution is 2.25. The van der Waals surface area contributed by atoms with Crippen molar-refractivity contribution in [3.63, 3.8) is 0 Å². The van der Waals surface area contributed by atoms with E-state index in [0.29, 0.717) is 5.56 Å². The lowest BCUT2D eigenvalue weighted by Gasteiger charge is -2.24. The highest BCUT2D eigenvalue weighted by Gasteiger charge is 2.26. The van der Waals surface area contributed by atoms with Crippen molar-refractivity contribution in [2.75, 3.05) is 6.54 Å². The molecule has 134 valence electrons. The molecule has 4 nitrogen and oxygen atoms in total. The zero-order valence-electron chi connectivity index (χ0n) is 14.5. The highest BCUT2D eigenvalue weighted by atomic mass is 32.2.